The molecule has 0 aromatic heterocycles. The molecule has 0 saturated heterocycles. The van der Waals surface area contributed by atoms with Gasteiger partial charge in [0, 0.05) is 5.56 Å². The number of ether oxygens (including phenoxy) is 1. The van der Waals surface area contributed by atoms with E-state index in [0.29, 0.717) is 5.56 Å². The Bertz CT molecular complexity index is 879. The number of benzene rings is 2. The van der Waals surface area contributed by atoms with E-state index in [1.807, 2.05) is 0 Å². The Morgan fingerprint density at radius 1 is 1.14 bits per heavy atom. The Morgan fingerprint density at radius 2 is 1.89 bits per heavy atom. The largest absolute Gasteiger partial charge is 0.422 e. The molecule has 2 aromatic carbocycles. The number of carbonyl (C=O) groups is 1. The summed E-state index contributed by atoms with van der Waals surface area (Å²) in [6, 6.07) is 11.4. The highest BCUT2D eigenvalue weighted by atomic mass is 19.4. The summed E-state index contributed by atoms with van der Waals surface area (Å²) in [6.45, 7) is 1.48. The van der Waals surface area contributed by atoms with Crippen LogP contribution in [0.3, 0.4) is 0 Å². The number of para-hydroxylation sites is 1. The molecule has 148 valence electrons. The topological polar surface area (TPSA) is 69.5 Å². The molecule has 0 aliphatic carbocycles. The molecule has 0 bridgehead atoms. The van der Waals surface area contributed by atoms with E-state index in [9.17, 15) is 18.0 Å². The van der Waals surface area contributed by atoms with Crippen molar-refractivity contribution < 1.29 is 32.4 Å². The van der Waals surface area contributed by atoms with Crippen molar-refractivity contribution in [2.24, 2.45) is 10.3 Å². The number of halogens is 3. The van der Waals surface area contributed by atoms with Crippen molar-refractivity contribution in [3.63, 3.8) is 0 Å². The van der Waals surface area contributed by atoms with Crippen LogP contribution in [0.25, 0.3) is 0 Å². The van der Waals surface area contributed by atoms with Crippen LogP contribution >= 0.6 is 0 Å². The Morgan fingerprint density at radius 3 is 2.61 bits per heavy atom. The highest BCUT2D eigenvalue weighted by Gasteiger charge is 2.30. The molecule has 0 aliphatic heterocycles. The van der Waals surface area contributed by atoms with Crippen LogP contribution in [0.4, 0.5) is 13.2 Å². The predicted molar refractivity (Wildman–Crippen MR) is 96.0 cm³/mol. The van der Waals surface area contributed by atoms with Crippen molar-refractivity contribution in [1.29, 1.82) is 0 Å². The van der Waals surface area contributed by atoms with Crippen LogP contribution < -0.4 is 4.74 Å². The van der Waals surface area contributed by atoms with E-state index >= 15 is 0 Å². The van der Waals surface area contributed by atoms with E-state index in [4.69, 9.17) is 9.57 Å². The van der Waals surface area contributed by atoms with Gasteiger partial charge in [0.05, 0.1) is 11.3 Å². The number of hydrogen-bond acceptors (Lipinski definition) is 6. The molecule has 28 heavy (non-hydrogen) atoms. The van der Waals surface area contributed by atoms with E-state index in [1.165, 1.54) is 26.2 Å². The molecule has 0 radical (unpaired) electrons. The summed E-state index contributed by atoms with van der Waals surface area (Å²) < 4.78 is 43.5. The van der Waals surface area contributed by atoms with Gasteiger partial charge in [-0.2, -0.15) is 13.2 Å². The third-order valence-corrected chi connectivity index (χ3v) is 3.48. The van der Waals surface area contributed by atoms with Gasteiger partial charge in [0.25, 0.3) is 0 Å². The van der Waals surface area contributed by atoms with Crippen molar-refractivity contribution in [1.82, 2.24) is 0 Å². The Kier molecular flexibility index (Phi) is 7.14. The Balaban J connectivity index is 2.06. The van der Waals surface area contributed by atoms with Gasteiger partial charge in [-0.3, -0.25) is 0 Å². The minimum Gasteiger partial charge on any atom is -0.422 e. The van der Waals surface area contributed by atoms with E-state index in [1.54, 1.807) is 24.3 Å². The number of carbonyl (C=O) groups excluding carboxylic acids is 1. The molecule has 0 aliphatic rings. The zero-order chi connectivity index (χ0) is 20.6. The van der Waals surface area contributed by atoms with Crippen molar-refractivity contribution in [3.05, 3.63) is 65.2 Å². The molecule has 0 amide bonds. The second-order valence-electron chi connectivity index (χ2n) is 5.47. The molecule has 0 atom stereocenters. The lowest BCUT2D eigenvalue weighted by molar-refractivity contribution is -0.137. The standard InChI is InChI=1S/C19H17F3N2O4/c1-13(14-7-5-8-16(10-14)19(20,21)22)24-27-12-15-6-3-4-9-17(15)28-18(25)11-23-26-2/h3-11H,12H2,1-2H3. The predicted octanol–water partition coefficient (Wildman–Crippen LogP) is 4.18. The first kappa shape index (κ1) is 20.9. The number of rotatable bonds is 7. The summed E-state index contributed by atoms with van der Waals surface area (Å²) in [7, 11) is 1.29. The number of hydrogen-bond donors (Lipinski definition) is 0. The Labute approximate surface area is 159 Å². The zero-order valence-corrected chi connectivity index (χ0v) is 15.1. The van der Waals surface area contributed by atoms with Crippen molar-refractivity contribution >= 4 is 17.9 Å². The normalized spacial score (nSPS) is 12.1. The molecule has 6 nitrogen and oxygen atoms in total. The van der Waals surface area contributed by atoms with Gasteiger partial charge >= 0.3 is 12.1 Å². The molecular formula is C19H17F3N2O4. The minimum atomic E-state index is -4.44. The average molecular weight is 394 g/mol. The van der Waals surface area contributed by atoms with Crippen LogP contribution in [-0.2, 0) is 27.3 Å². The monoisotopic (exact) mass is 394 g/mol. The maximum Gasteiger partial charge on any atom is 0.416 e. The van der Waals surface area contributed by atoms with Gasteiger partial charge in [-0.15, -0.1) is 0 Å². The summed E-state index contributed by atoms with van der Waals surface area (Å²) in [5.41, 5.74) is 0.301. The maximum atomic E-state index is 12.8. The summed E-state index contributed by atoms with van der Waals surface area (Å²) in [4.78, 5) is 21.2. The molecule has 0 unspecified atom stereocenters. The van der Waals surface area contributed by atoms with Gasteiger partial charge in [-0.25, -0.2) is 4.79 Å². The molecule has 0 spiro atoms. The minimum absolute atomic E-state index is 0.0544. The Hall–Kier alpha value is -3.36. The summed E-state index contributed by atoms with van der Waals surface area (Å²) in [5.74, 6) is -0.500. The molecule has 0 N–H and O–H groups in total. The lowest BCUT2D eigenvalue weighted by atomic mass is 10.1. The van der Waals surface area contributed by atoms with Gasteiger partial charge in [0.2, 0.25) is 0 Å². The quantitative estimate of drug-likeness (QED) is 0.306. The number of esters is 1. The van der Waals surface area contributed by atoms with Crippen LogP contribution in [-0.4, -0.2) is 25.0 Å². The molecule has 0 heterocycles. The first-order chi connectivity index (χ1) is 13.3. The third kappa shape index (κ3) is 6.11. The van der Waals surface area contributed by atoms with Gasteiger partial charge in [0.15, 0.2) is 6.21 Å². The third-order valence-electron chi connectivity index (χ3n) is 3.48. The average Bonchev–Trinajstić information content (AvgIpc) is 2.67. The number of alkyl halides is 3. The zero-order valence-electron chi connectivity index (χ0n) is 15.1. The van der Waals surface area contributed by atoms with Crippen molar-refractivity contribution in [3.8, 4) is 5.75 Å². The summed E-state index contributed by atoms with van der Waals surface area (Å²) in [6.07, 6.45) is -3.57. The van der Waals surface area contributed by atoms with E-state index in [-0.39, 0.29) is 23.6 Å². The highest BCUT2D eigenvalue weighted by Crippen LogP contribution is 2.29. The van der Waals surface area contributed by atoms with Gasteiger partial charge in [-0.05, 0) is 30.7 Å². The molecule has 9 heteroatoms. The first-order valence-electron chi connectivity index (χ1n) is 8.01. The maximum absolute atomic E-state index is 12.8. The van der Waals surface area contributed by atoms with Gasteiger partial charge in [-0.1, -0.05) is 40.6 Å². The first-order valence-corrected chi connectivity index (χ1v) is 8.01. The fourth-order valence-corrected chi connectivity index (χ4v) is 2.13. The molecule has 0 saturated carbocycles. The molecular weight excluding hydrogens is 377 g/mol. The van der Waals surface area contributed by atoms with Crippen LogP contribution in [0.2, 0.25) is 0 Å². The molecule has 0 fully saturated rings. The van der Waals surface area contributed by atoms with E-state index in [2.05, 4.69) is 15.1 Å². The lowest BCUT2D eigenvalue weighted by Gasteiger charge is -2.09. The van der Waals surface area contributed by atoms with Crippen molar-refractivity contribution in [2.75, 3.05) is 7.11 Å². The number of nitrogens with zero attached hydrogens (tertiary/aromatic N) is 2. The van der Waals surface area contributed by atoms with Gasteiger partial charge in [0.1, 0.15) is 19.5 Å². The molecule has 2 rings (SSSR count). The second kappa shape index (κ2) is 9.54. The molecule has 2 aromatic rings. The fourth-order valence-electron chi connectivity index (χ4n) is 2.13. The van der Waals surface area contributed by atoms with E-state index < -0.39 is 17.7 Å². The van der Waals surface area contributed by atoms with Crippen LogP contribution in [0.1, 0.15) is 23.6 Å². The SMILES string of the molecule is CON=CC(=O)Oc1ccccc1CON=C(C)c1cccc(C(F)(F)F)c1. The summed E-state index contributed by atoms with van der Waals surface area (Å²) >= 11 is 0. The van der Waals surface area contributed by atoms with E-state index in [0.717, 1.165) is 18.3 Å². The highest BCUT2D eigenvalue weighted by molar-refractivity contribution is 6.23. The van der Waals surface area contributed by atoms with Crippen LogP contribution in [0.5, 0.6) is 5.75 Å². The van der Waals surface area contributed by atoms with Crippen LogP contribution in [0.15, 0.2) is 58.8 Å². The van der Waals surface area contributed by atoms with Crippen molar-refractivity contribution in [2.45, 2.75) is 19.7 Å². The lowest BCUT2D eigenvalue weighted by Crippen LogP contribution is -2.11. The summed E-state index contributed by atoms with van der Waals surface area (Å²) in [5, 5.41) is 7.15. The number of oxime groups is 2. The fraction of sp³-hybridized carbons (Fsp3) is 0.211. The van der Waals surface area contributed by atoms with Crippen LogP contribution in [0, 0.1) is 0 Å². The second-order valence-corrected chi connectivity index (χ2v) is 5.47. The smallest absolute Gasteiger partial charge is 0.416 e. The van der Waals surface area contributed by atoms with Gasteiger partial charge < -0.3 is 14.4 Å².